The van der Waals surface area contributed by atoms with Crippen LogP contribution < -0.4 is 11.1 Å². The Bertz CT molecular complexity index is 467. The maximum absolute atomic E-state index is 5.50. The summed E-state index contributed by atoms with van der Waals surface area (Å²) in [6, 6.07) is 5.99. The standard InChI is InChI=1S/C11H14N4/c1-2-5-13-9-3-4-10-8(6-9)7-14-11(12)15-10/h3-4,6-7,13H,2,5H2,1H3,(H2,12,14,15). The van der Waals surface area contributed by atoms with Crippen LogP contribution >= 0.6 is 0 Å². The molecule has 1 heterocycles. The summed E-state index contributed by atoms with van der Waals surface area (Å²) in [5.41, 5.74) is 7.48. The van der Waals surface area contributed by atoms with Crippen molar-refractivity contribution >= 4 is 22.5 Å². The van der Waals surface area contributed by atoms with Gasteiger partial charge in [0.05, 0.1) is 5.52 Å². The van der Waals surface area contributed by atoms with Crippen LogP contribution in [0.15, 0.2) is 24.4 Å². The van der Waals surface area contributed by atoms with E-state index in [1.807, 2.05) is 18.2 Å². The second-order valence-corrected chi connectivity index (χ2v) is 3.43. The summed E-state index contributed by atoms with van der Waals surface area (Å²) in [6.07, 6.45) is 2.85. The topological polar surface area (TPSA) is 63.8 Å². The fraction of sp³-hybridized carbons (Fsp3) is 0.273. The number of nitrogens with two attached hydrogens (primary N) is 1. The number of fused-ring (bicyclic) bond motifs is 1. The van der Waals surface area contributed by atoms with Crippen LogP contribution in [0.2, 0.25) is 0 Å². The van der Waals surface area contributed by atoms with Crippen molar-refractivity contribution < 1.29 is 0 Å². The van der Waals surface area contributed by atoms with Crippen LogP contribution in [0.4, 0.5) is 11.6 Å². The first-order valence-corrected chi connectivity index (χ1v) is 5.06. The summed E-state index contributed by atoms with van der Waals surface area (Å²) in [5.74, 6) is 0.316. The molecule has 0 spiro atoms. The fourth-order valence-corrected chi connectivity index (χ4v) is 1.43. The molecule has 1 aromatic carbocycles. The Morgan fingerprint density at radius 1 is 1.40 bits per heavy atom. The molecule has 0 atom stereocenters. The minimum absolute atomic E-state index is 0.316. The van der Waals surface area contributed by atoms with Crippen molar-refractivity contribution in [2.75, 3.05) is 17.6 Å². The van der Waals surface area contributed by atoms with Crippen molar-refractivity contribution in [1.82, 2.24) is 9.97 Å². The lowest BCUT2D eigenvalue weighted by atomic mass is 10.2. The van der Waals surface area contributed by atoms with E-state index in [-0.39, 0.29) is 0 Å². The molecule has 78 valence electrons. The van der Waals surface area contributed by atoms with Crippen LogP contribution in [0.3, 0.4) is 0 Å². The number of anilines is 2. The summed E-state index contributed by atoms with van der Waals surface area (Å²) >= 11 is 0. The molecule has 0 saturated heterocycles. The van der Waals surface area contributed by atoms with E-state index in [1.165, 1.54) is 0 Å². The quantitative estimate of drug-likeness (QED) is 0.799. The van der Waals surface area contributed by atoms with Gasteiger partial charge in [0.15, 0.2) is 0 Å². The van der Waals surface area contributed by atoms with Gasteiger partial charge in [-0.25, -0.2) is 9.97 Å². The van der Waals surface area contributed by atoms with E-state index in [1.54, 1.807) is 6.20 Å². The first kappa shape index (κ1) is 9.71. The average molecular weight is 202 g/mol. The number of rotatable bonds is 3. The molecule has 0 bridgehead atoms. The Hall–Kier alpha value is -1.84. The van der Waals surface area contributed by atoms with Gasteiger partial charge in [-0.2, -0.15) is 0 Å². The number of aromatic nitrogens is 2. The van der Waals surface area contributed by atoms with Gasteiger partial charge in [0, 0.05) is 23.8 Å². The zero-order chi connectivity index (χ0) is 10.7. The highest BCUT2D eigenvalue weighted by Crippen LogP contribution is 2.17. The third-order valence-corrected chi connectivity index (χ3v) is 2.18. The zero-order valence-corrected chi connectivity index (χ0v) is 8.70. The summed E-state index contributed by atoms with van der Waals surface area (Å²) in [7, 11) is 0. The molecule has 0 aliphatic rings. The third-order valence-electron chi connectivity index (χ3n) is 2.18. The normalized spacial score (nSPS) is 10.5. The molecule has 0 unspecified atom stereocenters. The summed E-state index contributed by atoms with van der Waals surface area (Å²) in [4.78, 5) is 8.10. The highest BCUT2D eigenvalue weighted by molar-refractivity contribution is 5.82. The molecule has 4 heteroatoms. The number of benzene rings is 1. The smallest absolute Gasteiger partial charge is 0.220 e. The lowest BCUT2D eigenvalue weighted by molar-refractivity contribution is 0.980. The van der Waals surface area contributed by atoms with Crippen molar-refractivity contribution in [3.05, 3.63) is 24.4 Å². The predicted octanol–water partition coefficient (Wildman–Crippen LogP) is 2.03. The van der Waals surface area contributed by atoms with Gasteiger partial charge in [0.25, 0.3) is 0 Å². The molecular weight excluding hydrogens is 188 g/mol. The SMILES string of the molecule is CCCNc1ccc2nc(N)ncc2c1. The molecular formula is C11H14N4. The molecule has 15 heavy (non-hydrogen) atoms. The van der Waals surface area contributed by atoms with Gasteiger partial charge in [-0.3, -0.25) is 0 Å². The Morgan fingerprint density at radius 2 is 2.27 bits per heavy atom. The second kappa shape index (κ2) is 4.13. The molecule has 3 N–H and O–H groups in total. The third kappa shape index (κ3) is 2.15. The van der Waals surface area contributed by atoms with Crippen molar-refractivity contribution in [1.29, 1.82) is 0 Å². The maximum atomic E-state index is 5.50. The molecule has 4 nitrogen and oxygen atoms in total. The van der Waals surface area contributed by atoms with Crippen molar-refractivity contribution in [3.8, 4) is 0 Å². The van der Waals surface area contributed by atoms with E-state index in [4.69, 9.17) is 5.73 Å². The second-order valence-electron chi connectivity index (χ2n) is 3.43. The first-order chi connectivity index (χ1) is 7.29. The molecule has 0 saturated carbocycles. The van der Waals surface area contributed by atoms with Gasteiger partial charge in [-0.15, -0.1) is 0 Å². The van der Waals surface area contributed by atoms with Crippen molar-refractivity contribution in [2.45, 2.75) is 13.3 Å². The number of hydrogen-bond donors (Lipinski definition) is 2. The first-order valence-electron chi connectivity index (χ1n) is 5.06. The van der Waals surface area contributed by atoms with Gasteiger partial charge < -0.3 is 11.1 Å². The van der Waals surface area contributed by atoms with Crippen LogP contribution in [0, 0.1) is 0 Å². The summed E-state index contributed by atoms with van der Waals surface area (Å²) in [6.45, 7) is 3.11. The van der Waals surface area contributed by atoms with E-state index >= 15 is 0 Å². The van der Waals surface area contributed by atoms with Crippen molar-refractivity contribution in [3.63, 3.8) is 0 Å². The number of nitrogens with one attached hydrogen (secondary N) is 1. The maximum Gasteiger partial charge on any atom is 0.220 e. The molecule has 2 rings (SSSR count). The highest BCUT2D eigenvalue weighted by atomic mass is 15.0. The number of hydrogen-bond acceptors (Lipinski definition) is 4. The molecule has 0 aliphatic heterocycles. The number of nitrogen functional groups attached to an aromatic ring is 1. The predicted molar refractivity (Wildman–Crippen MR) is 62.7 cm³/mol. The molecule has 0 aliphatic carbocycles. The lowest BCUT2D eigenvalue weighted by Crippen LogP contribution is -2.00. The Kier molecular flexibility index (Phi) is 2.67. The molecule has 0 fully saturated rings. The molecule has 0 amide bonds. The van der Waals surface area contributed by atoms with E-state index in [2.05, 4.69) is 22.2 Å². The van der Waals surface area contributed by atoms with Crippen LogP contribution in [0.25, 0.3) is 10.9 Å². The minimum atomic E-state index is 0.316. The van der Waals surface area contributed by atoms with Crippen LogP contribution in [0.1, 0.15) is 13.3 Å². The molecule has 0 radical (unpaired) electrons. The van der Waals surface area contributed by atoms with E-state index in [9.17, 15) is 0 Å². The summed E-state index contributed by atoms with van der Waals surface area (Å²) < 4.78 is 0. The molecule has 1 aromatic heterocycles. The van der Waals surface area contributed by atoms with E-state index < -0.39 is 0 Å². The molecule has 2 aromatic rings. The van der Waals surface area contributed by atoms with Gasteiger partial charge >= 0.3 is 0 Å². The van der Waals surface area contributed by atoms with Gasteiger partial charge in [0.2, 0.25) is 5.95 Å². The lowest BCUT2D eigenvalue weighted by Gasteiger charge is -2.05. The average Bonchev–Trinajstić information content (AvgIpc) is 2.26. The largest absolute Gasteiger partial charge is 0.385 e. The fourth-order valence-electron chi connectivity index (χ4n) is 1.43. The van der Waals surface area contributed by atoms with Gasteiger partial charge in [-0.1, -0.05) is 6.92 Å². The number of nitrogens with zero attached hydrogens (tertiary/aromatic N) is 2. The van der Waals surface area contributed by atoms with Crippen molar-refractivity contribution in [2.24, 2.45) is 0 Å². The Morgan fingerprint density at radius 3 is 3.07 bits per heavy atom. The van der Waals surface area contributed by atoms with Crippen LogP contribution in [-0.4, -0.2) is 16.5 Å². The van der Waals surface area contributed by atoms with E-state index in [0.29, 0.717) is 5.95 Å². The van der Waals surface area contributed by atoms with Gasteiger partial charge in [-0.05, 0) is 24.6 Å². The zero-order valence-electron chi connectivity index (χ0n) is 8.70. The van der Waals surface area contributed by atoms with E-state index in [0.717, 1.165) is 29.6 Å². The van der Waals surface area contributed by atoms with Crippen LogP contribution in [-0.2, 0) is 0 Å². The Labute approximate surface area is 88.5 Å². The summed E-state index contributed by atoms with van der Waals surface area (Å²) in [5, 5.41) is 4.32. The highest BCUT2D eigenvalue weighted by Gasteiger charge is 1.98. The monoisotopic (exact) mass is 202 g/mol. The van der Waals surface area contributed by atoms with Gasteiger partial charge in [0.1, 0.15) is 0 Å². The minimum Gasteiger partial charge on any atom is -0.385 e. The van der Waals surface area contributed by atoms with Crippen LogP contribution in [0.5, 0.6) is 0 Å². The Balaban J connectivity index is 2.34.